The Morgan fingerprint density at radius 3 is 1.26 bits per heavy atom. The van der Waals surface area contributed by atoms with E-state index < -0.39 is 30.0 Å². The molecule has 0 aliphatic heterocycles. The van der Waals surface area contributed by atoms with Crippen LogP contribution < -0.4 is 0 Å². The molecule has 0 spiro atoms. The van der Waals surface area contributed by atoms with Crippen LogP contribution in [-0.2, 0) is 14.4 Å². The number of carboxylic acids is 3. The van der Waals surface area contributed by atoms with Crippen molar-refractivity contribution >= 4 is 17.9 Å². The van der Waals surface area contributed by atoms with Gasteiger partial charge in [0.05, 0.1) is 32.8 Å². The molecule has 5 N–H and O–H groups in total. The summed E-state index contributed by atoms with van der Waals surface area (Å²) >= 11 is 0. The highest BCUT2D eigenvalue weighted by Gasteiger charge is 2.27. The fourth-order valence-electron chi connectivity index (χ4n) is 2.91. The van der Waals surface area contributed by atoms with E-state index in [9.17, 15) is 24.6 Å². The molecule has 158 valence electrons. The molecule has 0 bridgehead atoms. The van der Waals surface area contributed by atoms with Crippen molar-refractivity contribution < 1.29 is 39.9 Å². The quantitative estimate of drug-likeness (QED) is 0.195. The fraction of sp³-hybridized carbons (Fsp3) is 0.812. The molecule has 2 atom stereocenters. The van der Waals surface area contributed by atoms with Gasteiger partial charge in [0.15, 0.2) is 0 Å². The van der Waals surface area contributed by atoms with Crippen LogP contribution in [0.3, 0.4) is 0 Å². The SMILES string of the molecule is CCN(CC(=O)O)C(CO)CN(CC(=O)O)CC(CO)N(CC)CC(=O)O. The van der Waals surface area contributed by atoms with Crippen molar-refractivity contribution in [1.29, 1.82) is 0 Å². The molecule has 27 heavy (non-hydrogen) atoms. The molecule has 2 unspecified atom stereocenters. The zero-order chi connectivity index (χ0) is 21.0. The number of hydrogen-bond donors (Lipinski definition) is 5. The lowest BCUT2D eigenvalue weighted by Gasteiger charge is -2.36. The van der Waals surface area contributed by atoms with Gasteiger partial charge < -0.3 is 25.5 Å². The van der Waals surface area contributed by atoms with Gasteiger partial charge in [-0.05, 0) is 13.1 Å². The van der Waals surface area contributed by atoms with Crippen molar-refractivity contribution in [3.05, 3.63) is 0 Å². The molecule has 0 aromatic carbocycles. The fourth-order valence-corrected chi connectivity index (χ4v) is 2.91. The number of carbonyl (C=O) groups is 3. The van der Waals surface area contributed by atoms with Crippen molar-refractivity contribution in [2.45, 2.75) is 25.9 Å². The van der Waals surface area contributed by atoms with Crippen LogP contribution in [0, 0.1) is 0 Å². The van der Waals surface area contributed by atoms with Gasteiger partial charge >= 0.3 is 17.9 Å². The van der Waals surface area contributed by atoms with E-state index in [1.807, 2.05) is 0 Å². The minimum atomic E-state index is -1.12. The van der Waals surface area contributed by atoms with Crippen LogP contribution in [0.1, 0.15) is 13.8 Å². The van der Waals surface area contributed by atoms with E-state index in [4.69, 9.17) is 15.3 Å². The summed E-state index contributed by atoms with van der Waals surface area (Å²) < 4.78 is 0. The zero-order valence-electron chi connectivity index (χ0n) is 15.8. The number of aliphatic hydroxyl groups excluding tert-OH is 2. The average molecular weight is 393 g/mol. The summed E-state index contributed by atoms with van der Waals surface area (Å²) in [6, 6.07) is -1.22. The molecule has 0 rings (SSSR count). The summed E-state index contributed by atoms with van der Waals surface area (Å²) in [5.74, 6) is -3.25. The predicted octanol–water partition coefficient (Wildman–Crippen LogP) is -2.09. The highest BCUT2D eigenvalue weighted by Crippen LogP contribution is 2.07. The Morgan fingerprint density at radius 1 is 0.704 bits per heavy atom. The molecule has 0 saturated heterocycles. The van der Waals surface area contributed by atoms with Gasteiger partial charge in [0.1, 0.15) is 0 Å². The summed E-state index contributed by atoms with van der Waals surface area (Å²) in [4.78, 5) is 37.7. The number of nitrogens with zero attached hydrogens (tertiary/aromatic N) is 3. The molecule has 0 aromatic rings. The maximum Gasteiger partial charge on any atom is 0.317 e. The average Bonchev–Trinajstić information content (AvgIpc) is 2.59. The third-order valence-electron chi connectivity index (χ3n) is 4.24. The van der Waals surface area contributed by atoms with Crippen LogP contribution in [0.2, 0.25) is 0 Å². The van der Waals surface area contributed by atoms with E-state index in [2.05, 4.69) is 0 Å². The Bertz CT molecular complexity index is 443. The lowest BCUT2D eigenvalue weighted by molar-refractivity contribution is -0.142. The van der Waals surface area contributed by atoms with Gasteiger partial charge in [0.25, 0.3) is 0 Å². The summed E-state index contributed by atoms with van der Waals surface area (Å²) in [5, 5.41) is 46.4. The summed E-state index contributed by atoms with van der Waals surface area (Å²) in [7, 11) is 0. The van der Waals surface area contributed by atoms with Crippen LogP contribution in [0.5, 0.6) is 0 Å². The third kappa shape index (κ3) is 10.2. The highest BCUT2D eigenvalue weighted by molar-refractivity contribution is 5.70. The monoisotopic (exact) mass is 393 g/mol. The van der Waals surface area contributed by atoms with Gasteiger partial charge in [-0.2, -0.15) is 0 Å². The minimum Gasteiger partial charge on any atom is -0.480 e. The topological polar surface area (TPSA) is 162 Å². The van der Waals surface area contributed by atoms with Crippen molar-refractivity contribution in [1.82, 2.24) is 14.7 Å². The first-order chi connectivity index (χ1) is 12.7. The molecule has 0 radical (unpaired) electrons. The van der Waals surface area contributed by atoms with Gasteiger partial charge in [0.2, 0.25) is 0 Å². The van der Waals surface area contributed by atoms with Gasteiger partial charge in [-0.3, -0.25) is 29.1 Å². The molecular weight excluding hydrogens is 362 g/mol. The molecule has 0 aliphatic carbocycles. The molecule has 0 amide bonds. The highest BCUT2D eigenvalue weighted by atomic mass is 16.4. The first-order valence-corrected chi connectivity index (χ1v) is 8.75. The Kier molecular flexibility index (Phi) is 12.5. The summed E-state index contributed by atoms with van der Waals surface area (Å²) in [6.45, 7) is 2.56. The number of carboxylic acid groups (broad SMARTS) is 3. The lowest BCUT2D eigenvalue weighted by Crippen LogP contribution is -2.53. The number of aliphatic hydroxyl groups is 2. The largest absolute Gasteiger partial charge is 0.480 e. The van der Waals surface area contributed by atoms with E-state index in [-0.39, 0.29) is 45.9 Å². The molecule has 0 fully saturated rings. The first-order valence-electron chi connectivity index (χ1n) is 8.75. The Balaban J connectivity index is 5.29. The van der Waals surface area contributed by atoms with Gasteiger partial charge in [-0.25, -0.2) is 0 Å². The number of likely N-dealkylation sites (N-methyl/N-ethyl adjacent to an activating group) is 2. The second-order valence-electron chi connectivity index (χ2n) is 6.17. The van der Waals surface area contributed by atoms with E-state index >= 15 is 0 Å². The van der Waals surface area contributed by atoms with Crippen LogP contribution in [0.4, 0.5) is 0 Å². The summed E-state index contributed by atoms with van der Waals surface area (Å²) in [5.41, 5.74) is 0. The van der Waals surface area contributed by atoms with E-state index in [1.165, 1.54) is 14.7 Å². The standard InChI is InChI=1S/C16H31N3O8/c1-3-18(8-15(24)25)12(10-20)5-17(7-14(22)23)6-13(11-21)19(4-2)9-16(26)27/h12-13,20-21H,3-11H2,1-2H3,(H,22,23)(H,24,25)(H,26,27). The maximum atomic E-state index is 11.2. The lowest BCUT2D eigenvalue weighted by atomic mass is 10.2. The predicted molar refractivity (Wildman–Crippen MR) is 95.6 cm³/mol. The van der Waals surface area contributed by atoms with E-state index in [1.54, 1.807) is 13.8 Å². The number of hydrogen-bond acceptors (Lipinski definition) is 8. The van der Waals surface area contributed by atoms with Crippen molar-refractivity contribution in [3.8, 4) is 0 Å². The molecule has 11 nitrogen and oxygen atoms in total. The van der Waals surface area contributed by atoms with Crippen molar-refractivity contribution in [2.24, 2.45) is 0 Å². The third-order valence-corrected chi connectivity index (χ3v) is 4.24. The van der Waals surface area contributed by atoms with Crippen molar-refractivity contribution in [3.63, 3.8) is 0 Å². The van der Waals surface area contributed by atoms with E-state index in [0.29, 0.717) is 13.1 Å². The maximum absolute atomic E-state index is 11.2. The first kappa shape index (κ1) is 25.2. The Labute approximate surface area is 158 Å². The van der Waals surface area contributed by atoms with E-state index in [0.717, 1.165) is 0 Å². The molecule has 0 saturated carbocycles. The number of aliphatic carboxylic acids is 3. The van der Waals surface area contributed by atoms with Crippen molar-refractivity contribution in [2.75, 3.05) is 59.0 Å². The Morgan fingerprint density at radius 2 is 1.04 bits per heavy atom. The van der Waals surface area contributed by atoms with Crippen LogP contribution >= 0.6 is 0 Å². The van der Waals surface area contributed by atoms with Gasteiger partial charge in [0, 0.05) is 25.2 Å². The molecule has 0 aliphatic rings. The normalized spacial score (nSPS) is 13.9. The second kappa shape index (κ2) is 13.4. The molecular formula is C16H31N3O8. The minimum absolute atomic E-state index is 0.0606. The van der Waals surface area contributed by atoms with Crippen LogP contribution in [-0.4, -0.2) is 129 Å². The van der Waals surface area contributed by atoms with Gasteiger partial charge in [-0.1, -0.05) is 13.8 Å². The number of rotatable bonds is 16. The zero-order valence-corrected chi connectivity index (χ0v) is 15.8. The van der Waals surface area contributed by atoms with Crippen LogP contribution in [0.15, 0.2) is 0 Å². The smallest absolute Gasteiger partial charge is 0.317 e. The molecule has 0 heterocycles. The second-order valence-corrected chi connectivity index (χ2v) is 6.17. The Hall–Kier alpha value is -1.79. The molecule has 0 aromatic heterocycles. The molecule has 11 heteroatoms. The summed E-state index contributed by atoms with van der Waals surface area (Å²) in [6.07, 6.45) is 0. The van der Waals surface area contributed by atoms with Crippen LogP contribution in [0.25, 0.3) is 0 Å². The van der Waals surface area contributed by atoms with Gasteiger partial charge in [-0.15, -0.1) is 0 Å².